The lowest BCUT2D eigenvalue weighted by Gasteiger charge is -2.25. The van der Waals surface area contributed by atoms with Gasteiger partial charge < -0.3 is 9.84 Å². The van der Waals surface area contributed by atoms with Crippen molar-refractivity contribution >= 4 is 10.0 Å². The molecule has 5 nitrogen and oxygen atoms in total. The van der Waals surface area contributed by atoms with Gasteiger partial charge in [-0.15, -0.1) is 0 Å². The molecule has 1 aliphatic rings. The van der Waals surface area contributed by atoms with E-state index in [1.807, 2.05) is 0 Å². The zero-order valence-electron chi connectivity index (χ0n) is 11.2. The summed E-state index contributed by atoms with van der Waals surface area (Å²) in [5, 5.41) is 9.02. The Bertz CT molecular complexity index is 554. The Labute approximate surface area is 113 Å². The fraction of sp³-hybridized carbons (Fsp3) is 0.538. The van der Waals surface area contributed by atoms with Gasteiger partial charge in [-0.3, -0.25) is 0 Å². The predicted molar refractivity (Wildman–Crippen MR) is 71.8 cm³/mol. The maximum absolute atomic E-state index is 12.5. The Balaban J connectivity index is 2.38. The minimum atomic E-state index is -3.57. The van der Waals surface area contributed by atoms with Gasteiger partial charge in [-0.1, -0.05) is 0 Å². The highest BCUT2D eigenvalue weighted by Gasteiger charge is 2.27. The molecule has 2 rings (SSSR count). The lowest BCUT2D eigenvalue weighted by molar-refractivity contribution is 0.236. The van der Waals surface area contributed by atoms with Gasteiger partial charge in [0.2, 0.25) is 10.0 Å². The molecule has 0 radical (unpaired) electrons. The average molecular weight is 285 g/mol. The molecular weight excluding hydrogens is 266 g/mol. The normalized spacial score (nSPS) is 14.8. The first-order chi connectivity index (χ1) is 8.96. The maximum Gasteiger partial charge on any atom is 0.243 e. The zero-order valence-corrected chi connectivity index (χ0v) is 12.0. The minimum absolute atomic E-state index is 0.105. The van der Waals surface area contributed by atoms with Gasteiger partial charge in [0.1, 0.15) is 5.75 Å². The van der Waals surface area contributed by atoms with Gasteiger partial charge in [0.05, 0.1) is 18.1 Å². The first kappa shape index (κ1) is 14.3. The molecule has 0 spiro atoms. The van der Waals surface area contributed by atoms with Crippen molar-refractivity contribution in [3.8, 4) is 5.75 Å². The molecule has 0 aliphatic carbocycles. The summed E-state index contributed by atoms with van der Waals surface area (Å²) < 4.78 is 31.8. The van der Waals surface area contributed by atoms with Crippen molar-refractivity contribution in [3.05, 3.63) is 23.8 Å². The molecule has 1 heterocycles. The number of aliphatic hydroxyl groups excluding tert-OH is 1. The van der Waals surface area contributed by atoms with Crippen molar-refractivity contribution in [3.63, 3.8) is 0 Å². The van der Waals surface area contributed by atoms with E-state index in [4.69, 9.17) is 9.84 Å². The first-order valence-corrected chi connectivity index (χ1v) is 7.79. The molecule has 0 saturated carbocycles. The predicted octanol–water partition coefficient (Wildman–Crippen LogP) is 1.01. The highest BCUT2D eigenvalue weighted by molar-refractivity contribution is 7.89. The van der Waals surface area contributed by atoms with Gasteiger partial charge in [-0.25, -0.2) is 8.42 Å². The van der Waals surface area contributed by atoms with Crippen LogP contribution in [-0.2, 0) is 16.4 Å². The number of aliphatic hydroxyl groups is 1. The molecule has 0 fully saturated rings. The maximum atomic E-state index is 12.5. The van der Waals surface area contributed by atoms with Crippen LogP contribution in [0.15, 0.2) is 23.1 Å². The van der Waals surface area contributed by atoms with Crippen LogP contribution in [0.3, 0.4) is 0 Å². The highest BCUT2D eigenvalue weighted by atomic mass is 32.2. The minimum Gasteiger partial charge on any atom is -0.493 e. The molecule has 0 atom stereocenters. The summed E-state index contributed by atoms with van der Waals surface area (Å²) in [4.78, 5) is 0.263. The molecule has 1 aromatic carbocycles. The SMILES string of the molecule is CC(C)N(CCO)S(=O)(=O)c1ccc2c(c1)CCO2. The monoisotopic (exact) mass is 285 g/mol. The molecule has 0 bridgehead atoms. The van der Waals surface area contributed by atoms with Crippen molar-refractivity contribution in [2.45, 2.75) is 31.2 Å². The van der Waals surface area contributed by atoms with Crippen LogP contribution in [0.4, 0.5) is 0 Å². The first-order valence-electron chi connectivity index (χ1n) is 6.35. The quantitative estimate of drug-likeness (QED) is 0.877. The second-order valence-electron chi connectivity index (χ2n) is 4.80. The number of nitrogens with zero attached hydrogens (tertiary/aromatic N) is 1. The van der Waals surface area contributed by atoms with E-state index in [2.05, 4.69) is 0 Å². The van der Waals surface area contributed by atoms with Crippen LogP contribution < -0.4 is 4.74 Å². The van der Waals surface area contributed by atoms with Crippen molar-refractivity contribution in [1.82, 2.24) is 4.31 Å². The summed E-state index contributed by atoms with van der Waals surface area (Å²) in [6.07, 6.45) is 0.736. The topological polar surface area (TPSA) is 66.8 Å². The summed E-state index contributed by atoms with van der Waals surface area (Å²) >= 11 is 0. The van der Waals surface area contributed by atoms with Gasteiger partial charge >= 0.3 is 0 Å². The summed E-state index contributed by atoms with van der Waals surface area (Å²) in [6, 6.07) is 4.74. The van der Waals surface area contributed by atoms with Crippen LogP contribution in [0.2, 0.25) is 0 Å². The van der Waals surface area contributed by atoms with Crippen LogP contribution >= 0.6 is 0 Å². The van der Waals surface area contributed by atoms with Crippen molar-refractivity contribution in [2.75, 3.05) is 19.8 Å². The molecule has 106 valence electrons. The van der Waals surface area contributed by atoms with E-state index in [0.29, 0.717) is 6.61 Å². The number of hydrogen-bond donors (Lipinski definition) is 1. The number of benzene rings is 1. The largest absolute Gasteiger partial charge is 0.493 e. The van der Waals surface area contributed by atoms with E-state index in [1.165, 1.54) is 4.31 Å². The van der Waals surface area contributed by atoms with Crippen LogP contribution in [0.1, 0.15) is 19.4 Å². The smallest absolute Gasteiger partial charge is 0.243 e. The van der Waals surface area contributed by atoms with E-state index < -0.39 is 10.0 Å². The second-order valence-corrected chi connectivity index (χ2v) is 6.69. The third kappa shape index (κ3) is 2.75. The third-order valence-electron chi connectivity index (χ3n) is 3.16. The highest BCUT2D eigenvalue weighted by Crippen LogP contribution is 2.29. The lowest BCUT2D eigenvalue weighted by atomic mass is 10.2. The average Bonchev–Trinajstić information content (AvgIpc) is 2.82. The summed E-state index contributed by atoms with van der Waals surface area (Å²) in [6.45, 7) is 4.11. The van der Waals surface area contributed by atoms with Crippen molar-refractivity contribution in [2.24, 2.45) is 0 Å². The molecule has 1 aliphatic heterocycles. The van der Waals surface area contributed by atoms with Crippen molar-refractivity contribution < 1.29 is 18.3 Å². The Morgan fingerprint density at radius 1 is 1.42 bits per heavy atom. The second kappa shape index (κ2) is 5.48. The standard InChI is InChI=1S/C13H19NO4S/c1-10(2)14(6-7-15)19(16,17)12-3-4-13-11(9-12)5-8-18-13/h3-4,9-10,15H,5-8H2,1-2H3. The zero-order chi connectivity index (χ0) is 14.0. The summed E-state index contributed by atoms with van der Waals surface area (Å²) in [5.74, 6) is 0.761. The molecule has 1 N–H and O–H groups in total. The number of rotatable bonds is 5. The van der Waals surface area contributed by atoms with Crippen LogP contribution in [-0.4, -0.2) is 43.6 Å². The van der Waals surface area contributed by atoms with E-state index in [1.54, 1.807) is 32.0 Å². The molecule has 0 saturated heterocycles. The number of fused-ring (bicyclic) bond motifs is 1. The molecule has 0 aromatic heterocycles. The molecular formula is C13H19NO4S. The third-order valence-corrected chi connectivity index (χ3v) is 5.24. The Kier molecular flexibility index (Phi) is 4.13. The Morgan fingerprint density at radius 3 is 2.79 bits per heavy atom. The van der Waals surface area contributed by atoms with Gasteiger partial charge in [-0.05, 0) is 37.6 Å². The molecule has 6 heteroatoms. The molecule has 1 aromatic rings. The summed E-state index contributed by atoms with van der Waals surface area (Å²) in [5.41, 5.74) is 0.925. The molecule has 0 amide bonds. The summed E-state index contributed by atoms with van der Waals surface area (Å²) in [7, 11) is -3.57. The van der Waals surface area contributed by atoms with E-state index in [0.717, 1.165) is 17.7 Å². The van der Waals surface area contributed by atoms with Gasteiger partial charge in [0, 0.05) is 19.0 Å². The number of hydrogen-bond acceptors (Lipinski definition) is 4. The van der Waals surface area contributed by atoms with Gasteiger partial charge in [0.15, 0.2) is 0 Å². The van der Waals surface area contributed by atoms with Gasteiger partial charge in [0.25, 0.3) is 0 Å². The Hall–Kier alpha value is -1.11. The van der Waals surface area contributed by atoms with E-state index in [-0.39, 0.29) is 24.1 Å². The molecule has 19 heavy (non-hydrogen) atoms. The number of sulfonamides is 1. The van der Waals surface area contributed by atoms with E-state index in [9.17, 15) is 8.42 Å². The van der Waals surface area contributed by atoms with Crippen LogP contribution in [0.5, 0.6) is 5.75 Å². The van der Waals surface area contributed by atoms with Crippen LogP contribution in [0.25, 0.3) is 0 Å². The van der Waals surface area contributed by atoms with Crippen LogP contribution in [0, 0.1) is 0 Å². The van der Waals surface area contributed by atoms with Crippen molar-refractivity contribution in [1.29, 1.82) is 0 Å². The Morgan fingerprint density at radius 2 is 2.16 bits per heavy atom. The number of ether oxygens (including phenoxy) is 1. The fourth-order valence-electron chi connectivity index (χ4n) is 2.21. The van der Waals surface area contributed by atoms with E-state index >= 15 is 0 Å². The molecule has 0 unspecified atom stereocenters. The van der Waals surface area contributed by atoms with Gasteiger partial charge in [-0.2, -0.15) is 4.31 Å². The lowest BCUT2D eigenvalue weighted by Crippen LogP contribution is -2.38. The fourth-order valence-corrected chi connectivity index (χ4v) is 3.89.